The molecule has 1 saturated carbocycles. The number of carbonyl (C=O) groups excluding carboxylic acids is 1. The van der Waals surface area contributed by atoms with Crippen molar-refractivity contribution in [1.82, 2.24) is 15.1 Å². The van der Waals surface area contributed by atoms with Gasteiger partial charge in [-0.05, 0) is 25.0 Å². The van der Waals surface area contributed by atoms with Crippen molar-refractivity contribution in [2.24, 2.45) is 0 Å². The molecular formula is C21H34Cl2N4O3. The lowest BCUT2D eigenvalue weighted by Crippen LogP contribution is -2.56. The standard InChI is InChI=1S/C12H16Cl2N2O2.C9H18N2O/c1-12(17,18)16-7-5-15(6-8-16)10-4-2-3-9(13)11(10)14;1-11(2)9(12)10-8-6-4-3-5-7-8/h2-4,17-18H,5-8H2,1H3;8H,3-7H2,1-2H3,(H,10,12). The number of piperazine rings is 1. The molecule has 2 amide bonds. The highest BCUT2D eigenvalue weighted by atomic mass is 35.5. The lowest BCUT2D eigenvalue weighted by atomic mass is 9.96. The lowest BCUT2D eigenvalue weighted by Gasteiger charge is -2.40. The molecular weight excluding hydrogens is 427 g/mol. The van der Waals surface area contributed by atoms with E-state index < -0.39 is 5.91 Å². The summed E-state index contributed by atoms with van der Waals surface area (Å²) in [4.78, 5) is 16.5. The van der Waals surface area contributed by atoms with Crippen LogP contribution in [-0.4, -0.2) is 78.3 Å². The predicted molar refractivity (Wildman–Crippen MR) is 122 cm³/mol. The Kier molecular flexibility index (Phi) is 9.50. The van der Waals surface area contributed by atoms with Gasteiger partial charge in [0.25, 0.3) is 0 Å². The first-order chi connectivity index (χ1) is 14.1. The van der Waals surface area contributed by atoms with E-state index in [1.54, 1.807) is 30.0 Å². The van der Waals surface area contributed by atoms with Crippen LogP contribution in [0.1, 0.15) is 39.0 Å². The number of nitrogens with one attached hydrogen (secondary N) is 1. The Morgan fingerprint density at radius 3 is 2.23 bits per heavy atom. The molecule has 9 heteroatoms. The number of amides is 2. The van der Waals surface area contributed by atoms with Crippen LogP contribution < -0.4 is 10.2 Å². The van der Waals surface area contributed by atoms with Gasteiger partial charge in [-0.15, -0.1) is 0 Å². The highest BCUT2D eigenvalue weighted by Gasteiger charge is 2.30. The molecule has 0 unspecified atom stereocenters. The Hall–Kier alpha value is -1.25. The summed E-state index contributed by atoms with van der Waals surface area (Å²) in [6, 6.07) is 6.00. The molecule has 1 aromatic carbocycles. The average Bonchev–Trinajstić information content (AvgIpc) is 2.71. The van der Waals surface area contributed by atoms with Gasteiger partial charge in [-0.3, -0.25) is 0 Å². The zero-order valence-electron chi connectivity index (χ0n) is 18.1. The van der Waals surface area contributed by atoms with E-state index >= 15 is 0 Å². The lowest BCUT2D eigenvalue weighted by molar-refractivity contribution is -0.251. The fraction of sp³-hybridized carbons (Fsp3) is 0.667. The number of aliphatic hydroxyl groups is 2. The van der Waals surface area contributed by atoms with Crippen LogP contribution in [0.3, 0.4) is 0 Å². The van der Waals surface area contributed by atoms with Crippen LogP contribution in [0.2, 0.25) is 10.0 Å². The fourth-order valence-electron chi connectivity index (χ4n) is 3.66. The molecule has 2 fully saturated rings. The van der Waals surface area contributed by atoms with Gasteiger partial charge in [0.05, 0.1) is 15.7 Å². The SMILES string of the molecule is CC(O)(O)N1CCN(c2cccc(Cl)c2Cl)CC1.CN(C)C(=O)NC1CCCCC1. The van der Waals surface area contributed by atoms with Gasteiger partial charge in [-0.25, -0.2) is 9.69 Å². The Morgan fingerprint density at radius 2 is 1.70 bits per heavy atom. The Bertz CT molecular complexity index is 683. The predicted octanol–water partition coefficient (Wildman–Crippen LogP) is 3.36. The second kappa shape index (κ2) is 11.4. The molecule has 1 aromatic rings. The van der Waals surface area contributed by atoms with Gasteiger partial charge in [0.1, 0.15) is 0 Å². The number of carbonyl (C=O) groups is 1. The van der Waals surface area contributed by atoms with E-state index in [0.29, 0.717) is 42.3 Å². The molecule has 3 rings (SSSR count). The van der Waals surface area contributed by atoms with Crippen molar-refractivity contribution in [2.75, 3.05) is 45.2 Å². The van der Waals surface area contributed by atoms with Gasteiger partial charge < -0.3 is 25.3 Å². The second-order valence-corrected chi connectivity index (χ2v) is 8.98. The molecule has 7 nitrogen and oxygen atoms in total. The molecule has 1 aliphatic heterocycles. The van der Waals surface area contributed by atoms with Crippen molar-refractivity contribution >= 4 is 34.9 Å². The number of urea groups is 1. The normalized spacial score (nSPS) is 18.4. The van der Waals surface area contributed by atoms with Crippen molar-refractivity contribution in [3.05, 3.63) is 28.2 Å². The van der Waals surface area contributed by atoms with E-state index in [0.717, 1.165) is 18.5 Å². The van der Waals surface area contributed by atoms with Crippen LogP contribution >= 0.6 is 23.2 Å². The largest absolute Gasteiger partial charge is 0.368 e. The van der Waals surface area contributed by atoms with E-state index in [4.69, 9.17) is 23.2 Å². The maximum atomic E-state index is 11.2. The van der Waals surface area contributed by atoms with Gasteiger partial charge in [0.2, 0.25) is 5.91 Å². The first-order valence-electron chi connectivity index (χ1n) is 10.5. The minimum absolute atomic E-state index is 0.0434. The molecule has 30 heavy (non-hydrogen) atoms. The molecule has 0 atom stereocenters. The Morgan fingerprint density at radius 1 is 1.10 bits per heavy atom. The fourth-order valence-corrected chi connectivity index (χ4v) is 4.07. The van der Waals surface area contributed by atoms with Crippen molar-refractivity contribution in [1.29, 1.82) is 0 Å². The smallest absolute Gasteiger partial charge is 0.317 e. The number of nitrogens with zero attached hydrogens (tertiary/aromatic N) is 3. The van der Waals surface area contributed by atoms with Crippen molar-refractivity contribution in [2.45, 2.75) is 51.0 Å². The molecule has 0 aromatic heterocycles. The molecule has 1 heterocycles. The molecule has 1 saturated heterocycles. The Balaban J connectivity index is 0.000000232. The van der Waals surface area contributed by atoms with E-state index in [1.807, 2.05) is 12.1 Å². The summed E-state index contributed by atoms with van der Waals surface area (Å²) in [6.07, 6.45) is 6.16. The molecule has 0 radical (unpaired) electrons. The summed E-state index contributed by atoms with van der Waals surface area (Å²) in [5.41, 5.74) is 0.890. The zero-order valence-corrected chi connectivity index (χ0v) is 19.6. The number of halogens is 2. The first-order valence-corrected chi connectivity index (χ1v) is 11.2. The Labute approximate surface area is 189 Å². The minimum atomic E-state index is -1.76. The number of rotatable bonds is 3. The van der Waals surface area contributed by atoms with Crippen molar-refractivity contribution in [3.63, 3.8) is 0 Å². The van der Waals surface area contributed by atoms with Crippen LogP contribution in [-0.2, 0) is 0 Å². The first kappa shape index (κ1) is 25.0. The van der Waals surface area contributed by atoms with E-state index in [1.165, 1.54) is 26.2 Å². The van der Waals surface area contributed by atoms with Crippen LogP contribution in [0.15, 0.2) is 18.2 Å². The number of hydrogen-bond acceptors (Lipinski definition) is 5. The average molecular weight is 461 g/mol. The van der Waals surface area contributed by atoms with E-state index in [9.17, 15) is 15.0 Å². The number of hydrogen-bond donors (Lipinski definition) is 3. The minimum Gasteiger partial charge on any atom is -0.368 e. The summed E-state index contributed by atoms with van der Waals surface area (Å²) >= 11 is 12.2. The summed E-state index contributed by atoms with van der Waals surface area (Å²) in [6.45, 7) is 3.85. The number of anilines is 1. The van der Waals surface area contributed by atoms with Gasteiger partial charge in [-0.2, -0.15) is 0 Å². The second-order valence-electron chi connectivity index (χ2n) is 8.20. The molecule has 0 spiro atoms. The van der Waals surface area contributed by atoms with Crippen molar-refractivity contribution < 1.29 is 15.0 Å². The van der Waals surface area contributed by atoms with Gasteiger partial charge in [0, 0.05) is 53.2 Å². The third-order valence-corrected chi connectivity index (χ3v) is 6.30. The molecule has 0 bridgehead atoms. The van der Waals surface area contributed by atoms with Crippen LogP contribution in [0.4, 0.5) is 10.5 Å². The van der Waals surface area contributed by atoms with Crippen LogP contribution in [0, 0.1) is 0 Å². The summed E-state index contributed by atoms with van der Waals surface area (Å²) in [5.74, 6) is -1.76. The third-order valence-electron chi connectivity index (χ3n) is 5.49. The third kappa shape index (κ3) is 7.46. The quantitative estimate of drug-likeness (QED) is 0.602. The molecule has 1 aliphatic carbocycles. The molecule has 170 valence electrons. The van der Waals surface area contributed by atoms with E-state index in [2.05, 4.69) is 10.2 Å². The summed E-state index contributed by atoms with van der Waals surface area (Å²) < 4.78 is 0. The van der Waals surface area contributed by atoms with E-state index in [-0.39, 0.29) is 6.03 Å². The summed E-state index contributed by atoms with van der Waals surface area (Å²) in [7, 11) is 3.55. The topological polar surface area (TPSA) is 79.3 Å². The van der Waals surface area contributed by atoms with Crippen LogP contribution in [0.25, 0.3) is 0 Å². The van der Waals surface area contributed by atoms with Crippen molar-refractivity contribution in [3.8, 4) is 0 Å². The number of benzene rings is 1. The zero-order chi connectivity index (χ0) is 22.3. The molecule has 3 N–H and O–H groups in total. The van der Waals surface area contributed by atoms with Gasteiger partial charge >= 0.3 is 6.03 Å². The molecule has 2 aliphatic rings. The van der Waals surface area contributed by atoms with Crippen LogP contribution in [0.5, 0.6) is 0 Å². The van der Waals surface area contributed by atoms with Gasteiger partial charge in [0.15, 0.2) is 0 Å². The monoisotopic (exact) mass is 460 g/mol. The summed E-state index contributed by atoms with van der Waals surface area (Å²) in [5, 5.41) is 23.1. The van der Waals surface area contributed by atoms with Gasteiger partial charge in [-0.1, -0.05) is 48.5 Å². The maximum Gasteiger partial charge on any atom is 0.317 e. The highest BCUT2D eigenvalue weighted by Crippen LogP contribution is 2.33. The highest BCUT2D eigenvalue weighted by molar-refractivity contribution is 6.43. The maximum absolute atomic E-state index is 11.2.